The van der Waals surface area contributed by atoms with Gasteiger partial charge in [0.1, 0.15) is 0 Å². The van der Waals surface area contributed by atoms with Crippen molar-refractivity contribution in [3.05, 3.63) is 36.4 Å². The predicted molar refractivity (Wildman–Crippen MR) is 59.6 cm³/mol. The lowest BCUT2D eigenvalue weighted by Gasteiger charge is -2.37. The summed E-state index contributed by atoms with van der Waals surface area (Å²) in [5.41, 5.74) is -0.0298. The molecule has 6 heteroatoms. The molecule has 0 radical (unpaired) electrons. The predicted octanol–water partition coefficient (Wildman–Crippen LogP) is 1.20. The Morgan fingerprint density at radius 2 is 1.11 bits per heavy atom. The van der Waals surface area contributed by atoms with Gasteiger partial charge in [-0.2, -0.15) is 0 Å². The highest BCUT2D eigenvalue weighted by Crippen LogP contribution is 2.51. The number of fused-ring (bicyclic) bond motifs is 2. The van der Waals surface area contributed by atoms with Crippen molar-refractivity contribution in [1.82, 2.24) is 0 Å². The fourth-order valence-corrected chi connectivity index (χ4v) is 2.03. The second-order valence-corrected chi connectivity index (χ2v) is 3.87. The second kappa shape index (κ2) is 3.52. The van der Waals surface area contributed by atoms with Crippen molar-refractivity contribution in [3.63, 3.8) is 0 Å². The lowest BCUT2D eigenvalue weighted by atomic mass is 10.1. The van der Waals surface area contributed by atoms with Crippen molar-refractivity contribution in [2.75, 3.05) is 10.1 Å². The van der Waals surface area contributed by atoms with Crippen LogP contribution < -0.4 is 20.3 Å². The maximum Gasteiger partial charge on any atom is 0.0948 e. The zero-order chi connectivity index (χ0) is 12.9. The van der Waals surface area contributed by atoms with Crippen LogP contribution in [0, 0.1) is 0 Å². The van der Waals surface area contributed by atoms with E-state index in [1.54, 1.807) is 0 Å². The maximum atomic E-state index is 11.7. The lowest BCUT2D eigenvalue weighted by molar-refractivity contribution is -0.269. The molecule has 6 nitrogen and oxygen atoms in total. The Labute approximate surface area is 102 Å². The molecule has 0 unspecified atom stereocenters. The molecule has 2 N–H and O–H groups in total. The van der Waals surface area contributed by atoms with Crippen LogP contribution in [0.15, 0.2) is 36.4 Å². The number of rotatable bonds is 0. The van der Waals surface area contributed by atoms with E-state index in [-0.39, 0.29) is 22.7 Å². The molecule has 0 saturated heterocycles. The summed E-state index contributed by atoms with van der Waals surface area (Å²) in [6, 6.07) is 8.29. The highest BCUT2D eigenvalue weighted by molar-refractivity contribution is 5.94. The first-order chi connectivity index (χ1) is 8.61. The smallest absolute Gasteiger partial charge is 0.0948 e. The highest BCUT2D eigenvalue weighted by Gasteiger charge is 2.27. The van der Waals surface area contributed by atoms with E-state index in [2.05, 4.69) is 0 Å². The van der Waals surface area contributed by atoms with E-state index in [0.29, 0.717) is 10.1 Å². The molecule has 0 fully saturated rings. The molecule has 1 aliphatic heterocycles. The summed E-state index contributed by atoms with van der Waals surface area (Å²) < 4.78 is 0. The van der Waals surface area contributed by atoms with Crippen LogP contribution in [0.25, 0.3) is 0 Å². The lowest BCUT2D eigenvalue weighted by Crippen LogP contribution is -2.27. The molecule has 3 rings (SSSR count). The van der Waals surface area contributed by atoms with Crippen LogP contribution in [0.5, 0.6) is 11.5 Å². The van der Waals surface area contributed by atoms with Crippen molar-refractivity contribution >= 4 is 22.7 Å². The third-order valence-electron chi connectivity index (χ3n) is 2.84. The van der Waals surface area contributed by atoms with E-state index < -0.39 is 11.5 Å². The Balaban J connectivity index is 2.32. The Morgan fingerprint density at radius 3 is 1.50 bits per heavy atom. The SMILES string of the molecule is [O-]c1cccc2c1N(O)c1cccc([O-])c1N2O. The van der Waals surface area contributed by atoms with Crippen LogP contribution in [-0.4, -0.2) is 10.4 Å². The first-order valence-corrected chi connectivity index (χ1v) is 5.19. The minimum Gasteiger partial charge on any atom is -0.871 e. The normalized spacial score (nSPS) is 13.2. The fourth-order valence-electron chi connectivity index (χ4n) is 2.03. The van der Waals surface area contributed by atoms with Crippen molar-refractivity contribution in [1.29, 1.82) is 0 Å². The average Bonchev–Trinajstić information content (AvgIpc) is 2.35. The van der Waals surface area contributed by atoms with E-state index in [9.17, 15) is 20.6 Å². The van der Waals surface area contributed by atoms with E-state index in [4.69, 9.17) is 0 Å². The molecule has 0 amide bonds. The van der Waals surface area contributed by atoms with Crippen LogP contribution >= 0.6 is 0 Å². The summed E-state index contributed by atoms with van der Waals surface area (Å²) >= 11 is 0. The molecule has 18 heavy (non-hydrogen) atoms. The number of hydrogen-bond acceptors (Lipinski definition) is 6. The van der Waals surface area contributed by atoms with Crippen LogP contribution in [0.3, 0.4) is 0 Å². The molecular weight excluding hydrogens is 236 g/mol. The van der Waals surface area contributed by atoms with Gasteiger partial charge in [0.2, 0.25) is 0 Å². The summed E-state index contributed by atoms with van der Waals surface area (Å²) in [6.45, 7) is 0. The molecule has 0 aliphatic carbocycles. The number of hydrogen-bond donors (Lipinski definition) is 2. The standard InChI is InChI=1S/C12H10N2O4/c15-9-5-1-3-7-11(9)14(18)8-4-2-6-10(16)12(8)13(7)17/h1-6,15-18H/p-2. The first kappa shape index (κ1) is 10.7. The Hall–Kier alpha value is -2.44. The topological polar surface area (TPSA) is 93.1 Å². The molecular formula is C12H8N2O4-2. The van der Waals surface area contributed by atoms with Crippen LogP contribution in [0.2, 0.25) is 0 Å². The van der Waals surface area contributed by atoms with Crippen LogP contribution in [0.1, 0.15) is 0 Å². The van der Waals surface area contributed by atoms with Gasteiger partial charge in [-0.3, -0.25) is 10.4 Å². The van der Waals surface area contributed by atoms with Crippen molar-refractivity contribution in [2.24, 2.45) is 0 Å². The van der Waals surface area contributed by atoms with Gasteiger partial charge in [0.25, 0.3) is 0 Å². The molecule has 0 saturated carbocycles. The third kappa shape index (κ3) is 1.24. The van der Waals surface area contributed by atoms with Gasteiger partial charge >= 0.3 is 0 Å². The number of anilines is 4. The number of benzene rings is 2. The van der Waals surface area contributed by atoms with Gasteiger partial charge in [-0.05, 0) is 12.1 Å². The summed E-state index contributed by atoms with van der Waals surface area (Å²) in [4.78, 5) is 0. The Bertz CT molecular complexity index is 574. The molecule has 0 aromatic heterocycles. The molecule has 2 aromatic rings. The van der Waals surface area contributed by atoms with Crippen molar-refractivity contribution in [2.45, 2.75) is 0 Å². The average molecular weight is 244 g/mol. The van der Waals surface area contributed by atoms with Gasteiger partial charge < -0.3 is 10.2 Å². The van der Waals surface area contributed by atoms with Gasteiger partial charge in [-0.1, -0.05) is 35.8 Å². The largest absolute Gasteiger partial charge is 0.871 e. The zero-order valence-electron chi connectivity index (χ0n) is 9.07. The van der Waals surface area contributed by atoms with E-state index in [1.807, 2.05) is 0 Å². The molecule has 2 aromatic carbocycles. The fraction of sp³-hybridized carbons (Fsp3) is 0. The first-order valence-electron chi connectivity index (χ1n) is 5.19. The monoisotopic (exact) mass is 244 g/mol. The molecule has 0 spiro atoms. The van der Waals surface area contributed by atoms with Gasteiger partial charge in [0.05, 0.1) is 22.7 Å². The quantitative estimate of drug-likeness (QED) is 0.723. The van der Waals surface area contributed by atoms with Crippen molar-refractivity contribution < 1.29 is 20.6 Å². The van der Waals surface area contributed by atoms with Gasteiger partial charge in [-0.15, -0.1) is 0 Å². The van der Waals surface area contributed by atoms with Gasteiger partial charge in [-0.25, -0.2) is 10.1 Å². The van der Waals surface area contributed by atoms with Gasteiger partial charge in [0.15, 0.2) is 0 Å². The summed E-state index contributed by atoms with van der Waals surface area (Å²) in [5.74, 6) is -0.896. The third-order valence-corrected chi connectivity index (χ3v) is 2.84. The highest BCUT2D eigenvalue weighted by atomic mass is 16.5. The summed E-state index contributed by atoms with van der Waals surface area (Å²) in [6.07, 6.45) is 0. The molecule has 0 bridgehead atoms. The van der Waals surface area contributed by atoms with E-state index in [1.165, 1.54) is 36.4 Å². The maximum absolute atomic E-state index is 11.7. The molecule has 0 atom stereocenters. The summed E-state index contributed by atoms with van der Waals surface area (Å²) in [5, 5.41) is 44.6. The molecule has 92 valence electrons. The minimum atomic E-state index is -0.448. The Morgan fingerprint density at radius 1 is 0.722 bits per heavy atom. The zero-order valence-corrected chi connectivity index (χ0v) is 9.07. The Kier molecular flexibility index (Phi) is 2.09. The molecule has 1 heterocycles. The number of nitrogens with zero attached hydrogens (tertiary/aromatic N) is 2. The van der Waals surface area contributed by atoms with Crippen LogP contribution in [-0.2, 0) is 0 Å². The van der Waals surface area contributed by atoms with E-state index in [0.717, 1.165) is 0 Å². The molecule has 1 aliphatic rings. The second-order valence-electron chi connectivity index (χ2n) is 3.87. The van der Waals surface area contributed by atoms with Crippen LogP contribution in [0.4, 0.5) is 22.7 Å². The number of para-hydroxylation sites is 2. The van der Waals surface area contributed by atoms with Gasteiger partial charge in [0, 0.05) is 0 Å². The van der Waals surface area contributed by atoms with E-state index >= 15 is 0 Å². The van der Waals surface area contributed by atoms with Crippen molar-refractivity contribution in [3.8, 4) is 11.5 Å². The minimum absolute atomic E-state index is 0.0702. The summed E-state index contributed by atoms with van der Waals surface area (Å²) in [7, 11) is 0.